The van der Waals surface area contributed by atoms with Gasteiger partial charge in [0.1, 0.15) is 0 Å². The second-order valence-corrected chi connectivity index (χ2v) is 4.83. The Morgan fingerprint density at radius 1 is 1.29 bits per heavy atom. The van der Waals surface area contributed by atoms with Gasteiger partial charge < -0.3 is 4.74 Å². The quantitative estimate of drug-likeness (QED) is 0.730. The Morgan fingerprint density at radius 3 is 2.71 bits per heavy atom. The molecular weight excluding hydrogens is 216 g/mol. The number of benzene rings is 1. The Labute approximate surface area is 99.8 Å². The zero-order valence-electron chi connectivity index (χ0n) is 9.79. The molecule has 0 aromatic heterocycles. The molecule has 2 aliphatic carbocycles. The van der Waals surface area contributed by atoms with Gasteiger partial charge in [0.05, 0.1) is 12.5 Å². The first-order valence-corrected chi connectivity index (χ1v) is 5.93. The van der Waals surface area contributed by atoms with Gasteiger partial charge in [0.25, 0.3) is 0 Å². The standard InChI is InChI=1S/C14H14O3/c1-17-13(16)14(7-8-14)11-4-2-3-10-9(11)5-6-12(10)15/h2-4H,5-8H2,1H3. The van der Waals surface area contributed by atoms with E-state index in [0.29, 0.717) is 6.42 Å². The highest BCUT2D eigenvalue weighted by Crippen LogP contribution is 2.51. The number of Topliss-reactive ketones (excluding diaryl/α,β-unsaturated/α-hetero) is 1. The molecule has 0 radical (unpaired) electrons. The van der Waals surface area contributed by atoms with Crippen molar-refractivity contribution in [1.82, 2.24) is 0 Å². The zero-order valence-corrected chi connectivity index (χ0v) is 9.79. The highest BCUT2D eigenvalue weighted by atomic mass is 16.5. The summed E-state index contributed by atoms with van der Waals surface area (Å²) in [4.78, 5) is 23.6. The zero-order chi connectivity index (χ0) is 12.0. The molecular formula is C14H14O3. The van der Waals surface area contributed by atoms with Crippen molar-refractivity contribution >= 4 is 11.8 Å². The van der Waals surface area contributed by atoms with E-state index in [4.69, 9.17) is 4.74 Å². The van der Waals surface area contributed by atoms with Crippen LogP contribution in [0, 0.1) is 0 Å². The number of methoxy groups -OCH3 is 1. The lowest BCUT2D eigenvalue weighted by Gasteiger charge is -2.16. The van der Waals surface area contributed by atoms with E-state index in [0.717, 1.165) is 36.0 Å². The fourth-order valence-corrected chi connectivity index (χ4v) is 2.84. The molecule has 3 heteroatoms. The van der Waals surface area contributed by atoms with Crippen LogP contribution in [0.4, 0.5) is 0 Å². The first-order valence-electron chi connectivity index (χ1n) is 5.93. The minimum Gasteiger partial charge on any atom is -0.468 e. The third kappa shape index (κ3) is 1.35. The number of fused-ring (bicyclic) bond motifs is 1. The van der Waals surface area contributed by atoms with Gasteiger partial charge in [0.15, 0.2) is 5.78 Å². The predicted molar refractivity (Wildman–Crippen MR) is 62.0 cm³/mol. The number of ketones is 1. The maximum atomic E-state index is 11.9. The molecule has 0 N–H and O–H groups in total. The van der Waals surface area contributed by atoms with E-state index < -0.39 is 5.41 Å². The van der Waals surface area contributed by atoms with Crippen LogP contribution in [0.25, 0.3) is 0 Å². The summed E-state index contributed by atoms with van der Waals surface area (Å²) in [5, 5.41) is 0. The van der Waals surface area contributed by atoms with E-state index in [9.17, 15) is 9.59 Å². The lowest BCUT2D eigenvalue weighted by Crippen LogP contribution is -2.23. The summed E-state index contributed by atoms with van der Waals surface area (Å²) >= 11 is 0. The number of ether oxygens (including phenoxy) is 1. The van der Waals surface area contributed by atoms with Crippen molar-refractivity contribution in [2.75, 3.05) is 7.11 Å². The molecule has 1 saturated carbocycles. The average Bonchev–Trinajstić information content (AvgIpc) is 3.08. The van der Waals surface area contributed by atoms with Gasteiger partial charge in [0.2, 0.25) is 0 Å². The van der Waals surface area contributed by atoms with Crippen molar-refractivity contribution in [3.8, 4) is 0 Å². The van der Waals surface area contributed by atoms with Gasteiger partial charge >= 0.3 is 5.97 Å². The third-order valence-electron chi connectivity index (χ3n) is 3.92. The Bertz CT molecular complexity index is 512. The largest absolute Gasteiger partial charge is 0.468 e. The normalized spacial score (nSPS) is 19.9. The molecule has 0 heterocycles. The predicted octanol–water partition coefficient (Wildman–Crippen LogP) is 2.02. The van der Waals surface area contributed by atoms with Crippen LogP contribution in [0.15, 0.2) is 18.2 Å². The number of hydrogen-bond acceptors (Lipinski definition) is 3. The molecule has 1 aromatic rings. The number of carbonyl (C=O) groups excluding carboxylic acids is 2. The lowest BCUT2D eigenvalue weighted by molar-refractivity contribution is -0.143. The van der Waals surface area contributed by atoms with Crippen LogP contribution in [-0.4, -0.2) is 18.9 Å². The Hall–Kier alpha value is -1.64. The van der Waals surface area contributed by atoms with E-state index in [1.54, 1.807) is 0 Å². The third-order valence-corrected chi connectivity index (χ3v) is 3.92. The molecule has 3 rings (SSSR count). The lowest BCUT2D eigenvalue weighted by atomic mass is 9.89. The van der Waals surface area contributed by atoms with Crippen LogP contribution in [0.3, 0.4) is 0 Å². The maximum Gasteiger partial charge on any atom is 0.316 e. The molecule has 2 aliphatic rings. The van der Waals surface area contributed by atoms with Crippen molar-refractivity contribution in [3.63, 3.8) is 0 Å². The number of esters is 1. The molecule has 1 aromatic carbocycles. The van der Waals surface area contributed by atoms with Gasteiger partial charge in [-0.1, -0.05) is 18.2 Å². The molecule has 3 nitrogen and oxygen atoms in total. The monoisotopic (exact) mass is 230 g/mol. The van der Waals surface area contributed by atoms with Gasteiger partial charge in [-0.2, -0.15) is 0 Å². The Balaban J connectivity index is 2.12. The molecule has 0 bridgehead atoms. The maximum absolute atomic E-state index is 11.9. The van der Waals surface area contributed by atoms with Crippen LogP contribution in [0.1, 0.15) is 40.7 Å². The van der Waals surface area contributed by atoms with E-state index in [1.807, 2.05) is 18.2 Å². The van der Waals surface area contributed by atoms with E-state index >= 15 is 0 Å². The number of hydrogen-bond donors (Lipinski definition) is 0. The first kappa shape index (κ1) is 10.5. The second kappa shape index (κ2) is 3.42. The smallest absolute Gasteiger partial charge is 0.316 e. The van der Waals surface area contributed by atoms with Crippen LogP contribution < -0.4 is 0 Å². The second-order valence-electron chi connectivity index (χ2n) is 4.83. The summed E-state index contributed by atoms with van der Waals surface area (Å²) in [6.45, 7) is 0. The molecule has 17 heavy (non-hydrogen) atoms. The summed E-state index contributed by atoms with van der Waals surface area (Å²) in [7, 11) is 1.43. The summed E-state index contributed by atoms with van der Waals surface area (Å²) in [6.07, 6.45) is 3.02. The fraction of sp³-hybridized carbons (Fsp3) is 0.429. The van der Waals surface area contributed by atoms with Gasteiger partial charge in [-0.3, -0.25) is 9.59 Å². The fourth-order valence-electron chi connectivity index (χ4n) is 2.84. The topological polar surface area (TPSA) is 43.4 Å². The summed E-state index contributed by atoms with van der Waals surface area (Å²) < 4.78 is 4.89. The number of rotatable bonds is 2. The Morgan fingerprint density at radius 2 is 2.06 bits per heavy atom. The van der Waals surface area contributed by atoms with Crippen LogP contribution in [-0.2, 0) is 21.4 Å². The number of carbonyl (C=O) groups is 2. The van der Waals surface area contributed by atoms with Crippen LogP contribution in [0.2, 0.25) is 0 Å². The minimum atomic E-state index is -0.454. The average molecular weight is 230 g/mol. The van der Waals surface area contributed by atoms with E-state index in [-0.39, 0.29) is 11.8 Å². The van der Waals surface area contributed by atoms with E-state index in [2.05, 4.69) is 0 Å². The molecule has 0 atom stereocenters. The van der Waals surface area contributed by atoms with Crippen molar-refractivity contribution in [3.05, 3.63) is 34.9 Å². The molecule has 0 amide bonds. The van der Waals surface area contributed by atoms with Crippen molar-refractivity contribution in [1.29, 1.82) is 0 Å². The van der Waals surface area contributed by atoms with Crippen molar-refractivity contribution < 1.29 is 14.3 Å². The van der Waals surface area contributed by atoms with Gasteiger partial charge in [0, 0.05) is 12.0 Å². The van der Waals surface area contributed by atoms with Crippen molar-refractivity contribution in [2.45, 2.75) is 31.1 Å². The highest BCUT2D eigenvalue weighted by molar-refractivity contribution is 6.01. The van der Waals surface area contributed by atoms with Crippen LogP contribution in [0.5, 0.6) is 0 Å². The van der Waals surface area contributed by atoms with Crippen molar-refractivity contribution in [2.24, 2.45) is 0 Å². The molecule has 0 spiro atoms. The van der Waals surface area contributed by atoms with Gasteiger partial charge in [-0.05, 0) is 30.4 Å². The molecule has 0 unspecified atom stereocenters. The summed E-state index contributed by atoms with van der Waals surface area (Å²) in [6, 6.07) is 5.71. The molecule has 88 valence electrons. The first-order chi connectivity index (χ1) is 8.19. The molecule has 1 fully saturated rings. The highest BCUT2D eigenvalue weighted by Gasteiger charge is 2.54. The molecule has 0 aliphatic heterocycles. The minimum absolute atomic E-state index is 0.162. The summed E-state index contributed by atoms with van der Waals surface area (Å²) in [5.41, 5.74) is 2.44. The molecule has 0 saturated heterocycles. The van der Waals surface area contributed by atoms with Gasteiger partial charge in [-0.15, -0.1) is 0 Å². The van der Waals surface area contributed by atoms with Gasteiger partial charge in [-0.25, -0.2) is 0 Å². The summed E-state index contributed by atoms with van der Waals surface area (Å²) in [5.74, 6) is 0.0350. The SMILES string of the molecule is COC(=O)C1(c2cccc3c2CCC3=O)CC1. The van der Waals surface area contributed by atoms with E-state index in [1.165, 1.54) is 7.11 Å². The van der Waals surface area contributed by atoms with Crippen LogP contribution >= 0.6 is 0 Å². The Kier molecular flexibility index (Phi) is 2.12.